The maximum atomic E-state index is 9.53. The highest BCUT2D eigenvalue weighted by molar-refractivity contribution is 5.50. The highest BCUT2D eigenvalue weighted by Crippen LogP contribution is 2.35. The van der Waals surface area contributed by atoms with Crippen molar-refractivity contribution >= 4 is 0 Å². The standard InChI is InChI=1S/C11H16O3/c1-8(2)7-14-11-9(12)5-4-6-10(11)13-3/h4-6,8,12H,7H2,1-3H3. The smallest absolute Gasteiger partial charge is 0.203 e. The minimum atomic E-state index is 0.116. The summed E-state index contributed by atoms with van der Waals surface area (Å²) in [6.45, 7) is 4.66. The van der Waals surface area contributed by atoms with Crippen molar-refractivity contribution in [2.75, 3.05) is 13.7 Å². The zero-order chi connectivity index (χ0) is 10.6. The Morgan fingerprint density at radius 1 is 1.36 bits per heavy atom. The van der Waals surface area contributed by atoms with Crippen LogP contribution in [0.4, 0.5) is 0 Å². The fraction of sp³-hybridized carbons (Fsp3) is 0.455. The SMILES string of the molecule is COc1cccc(O)c1OCC(C)C. The van der Waals surface area contributed by atoms with E-state index in [0.29, 0.717) is 24.0 Å². The van der Waals surface area contributed by atoms with Crippen LogP contribution in [0, 0.1) is 5.92 Å². The van der Waals surface area contributed by atoms with Gasteiger partial charge in [0.25, 0.3) is 0 Å². The van der Waals surface area contributed by atoms with E-state index in [4.69, 9.17) is 9.47 Å². The van der Waals surface area contributed by atoms with Gasteiger partial charge in [0.1, 0.15) is 0 Å². The molecule has 0 saturated heterocycles. The molecule has 0 heterocycles. The molecule has 1 rings (SSSR count). The van der Waals surface area contributed by atoms with Crippen molar-refractivity contribution in [3.63, 3.8) is 0 Å². The summed E-state index contributed by atoms with van der Waals surface area (Å²) in [6.07, 6.45) is 0. The van der Waals surface area contributed by atoms with E-state index >= 15 is 0 Å². The number of phenols is 1. The third-order valence-electron chi connectivity index (χ3n) is 1.74. The molecule has 1 aromatic carbocycles. The van der Waals surface area contributed by atoms with Crippen LogP contribution in [0.25, 0.3) is 0 Å². The Balaban J connectivity index is 2.82. The number of aromatic hydroxyl groups is 1. The van der Waals surface area contributed by atoms with E-state index in [9.17, 15) is 5.11 Å². The summed E-state index contributed by atoms with van der Waals surface area (Å²) in [4.78, 5) is 0. The molecule has 0 aliphatic heterocycles. The van der Waals surface area contributed by atoms with Gasteiger partial charge in [-0.05, 0) is 18.1 Å². The minimum absolute atomic E-state index is 0.116. The monoisotopic (exact) mass is 196 g/mol. The summed E-state index contributed by atoms with van der Waals surface area (Å²) in [5.74, 6) is 1.51. The highest BCUT2D eigenvalue weighted by Gasteiger charge is 2.09. The van der Waals surface area contributed by atoms with Crippen LogP contribution in [-0.4, -0.2) is 18.8 Å². The van der Waals surface area contributed by atoms with E-state index in [1.54, 1.807) is 25.3 Å². The molecule has 0 aromatic heterocycles. The molecule has 1 aromatic rings. The summed E-state index contributed by atoms with van der Waals surface area (Å²) < 4.78 is 10.5. The number of ether oxygens (including phenoxy) is 2. The fourth-order valence-electron chi connectivity index (χ4n) is 1.06. The lowest BCUT2D eigenvalue weighted by Gasteiger charge is -2.13. The number of methoxy groups -OCH3 is 1. The molecule has 0 saturated carbocycles. The summed E-state index contributed by atoms with van der Waals surface area (Å²) >= 11 is 0. The largest absolute Gasteiger partial charge is 0.504 e. The van der Waals surface area contributed by atoms with Crippen molar-refractivity contribution in [2.24, 2.45) is 5.92 Å². The number of hydrogen-bond donors (Lipinski definition) is 1. The normalized spacial score (nSPS) is 10.3. The third-order valence-corrected chi connectivity index (χ3v) is 1.74. The van der Waals surface area contributed by atoms with Crippen molar-refractivity contribution in [1.29, 1.82) is 0 Å². The number of rotatable bonds is 4. The van der Waals surface area contributed by atoms with Crippen LogP contribution in [0.2, 0.25) is 0 Å². The first kappa shape index (κ1) is 10.7. The second kappa shape index (κ2) is 4.74. The van der Waals surface area contributed by atoms with E-state index in [0.717, 1.165) is 0 Å². The summed E-state index contributed by atoms with van der Waals surface area (Å²) in [5.41, 5.74) is 0. The van der Waals surface area contributed by atoms with Crippen LogP contribution in [0.5, 0.6) is 17.2 Å². The predicted molar refractivity (Wildman–Crippen MR) is 55.0 cm³/mol. The van der Waals surface area contributed by atoms with Crippen molar-refractivity contribution in [2.45, 2.75) is 13.8 Å². The van der Waals surface area contributed by atoms with Gasteiger partial charge in [0.2, 0.25) is 5.75 Å². The van der Waals surface area contributed by atoms with Gasteiger partial charge in [-0.1, -0.05) is 19.9 Å². The van der Waals surface area contributed by atoms with E-state index < -0.39 is 0 Å². The summed E-state index contributed by atoms with van der Waals surface area (Å²) in [5, 5.41) is 9.53. The van der Waals surface area contributed by atoms with Crippen LogP contribution in [0.15, 0.2) is 18.2 Å². The Morgan fingerprint density at radius 3 is 2.64 bits per heavy atom. The average molecular weight is 196 g/mol. The highest BCUT2D eigenvalue weighted by atomic mass is 16.5. The number of phenolic OH excluding ortho intramolecular Hbond substituents is 1. The number of benzene rings is 1. The second-order valence-electron chi connectivity index (χ2n) is 3.51. The van der Waals surface area contributed by atoms with Gasteiger partial charge in [0, 0.05) is 0 Å². The first-order valence-corrected chi connectivity index (χ1v) is 4.64. The fourth-order valence-corrected chi connectivity index (χ4v) is 1.06. The average Bonchev–Trinajstić information content (AvgIpc) is 2.15. The van der Waals surface area contributed by atoms with E-state index in [1.807, 2.05) is 13.8 Å². The van der Waals surface area contributed by atoms with Crippen LogP contribution < -0.4 is 9.47 Å². The molecule has 3 nitrogen and oxygen atoms in total. The van der Waals surface area contributed by atoms with Crippen LogP contribution >= 0.6 is 0 Å². The first-order chi connectivity index (χ1) is 6.65. The first-order valence-electron chi connectivity index (χ1n) is 4.64. The van der Waals surface area contributed by atoms with Gasteiger partial charge in [0.15, 0.2) is 11.5 Å². The lowest BCUT2D eigenvalue weighted by molar-refractivity contribution is 0.245. The van der Waals surface area contributed by atoms with Gasteiger partial charge in [-0.15, -0.1) is 0 Å². The van der Waals surface area contributed by atoms with Crippen molar-refractivity contribution in [3.8, 4) is 17.2 Å². The van der Waals surface area contributed by atoms with Gasteiger partial charge in [0.05, 0.1) is 13.7 Å². The molecule has 14 heavy (non-hydrogen) atoms. The van der Waals surface area contributed by atoms with Crippen molar-refractivity contribution < 1.29 is 14.6 Å². The molecule has 0 fully saturated rings. The molecule has 78 valence electrons. The molecule has 0 radical (unpaired) electrons. The molecule has 0 aliphatic carbocycles. The molecule has 3 heteroatoms. The van der Waals surface area contributed by atoms with E-state index in [-0.39, 0.29) is 5.75 Å². The molecule has 1 N–H and O–H groups in total. The molecule has 0 amide bonds. The zero-order valence-corrected chi connectivity index (χ0v) is 8.78. The van der Waals surface area contributed by atoms with Crippen molar-refractivity contribution in [1.82, 2.24) is 0 Å². The van der Waals surface area contributed by atoms with Gasteiger partial charge in [-0.3, -0.25) is 0 Å². The Labute approximate surface area is 84.3 Å². The van der Waals surface area contributed by atoms with E-state index in [2.05, 4.69) is 0 Å². The zero-order valence-electron chi connectivity index (χ0n) is 8.78. The van der Waals surface area contributed by atoms with Crippen LogP contribution in [0.1, 0.15) is 13.8 Å². The summed E-state index contributed by atoms with van der Waals surface area (Å²) in [7, 11) is 1.55. The lowest BCUT2D eigenvalue weighted by atomic mass is 10.2. The van der Waals surface area contributed by atoms with Gasteiger partial charge in [-0.25, -0.2) is 0 Å². The molecule has 0 atom stereocenters. The molecule has 0 bridgehead atoms. The molecule has 0 unspecified atom stereocenters. The summed E-state index contributed by atoms with van der Waals surface area (Å²) in [6, 6.07) is 5.06. The van der Waals surface area contributed by atoms with Crippen molar-refractivity contribution in [3.05, 3.63) is 18.2 Å². The topological polar surface area (TPSA) is 38.7 Å². The predicted octanol–water partition coefficient (Wildman–Crippen LogP) is 2.44. The molecular weight excluding hydrogens is 180 g/mol. The maximum Gasteiger partial charge on any atom is 0.203 e. The maximum absolute atomic E-state index is 9.53. The Hall–Kier alpha value is -1.38. The molecule has 0 spiro atoms. The minimum Gasteiger partial charge on any atom is -0.504 e. The van der Waals surface area contributed by atoms with Gasteiger partial charge < -0.3 is 14.6 Å². The van der Waals surface area contributed by atoms with Crippen LogP contribution in [0.3, 0.4) is 0 Å². The Morgan fingerprint density at radius 2 is 2.07 bits per heavy atom. The Kier molecular flexibility index (Phi) is 3.63. The van der Waals surface area contributed by atoms with E-state index in [1.165, 1.54) is 0 Å². The number of hydrogen-bond acceptors (Lipinski definition) is 3. The molecule has 0 aliphatic rings. The third kappa shape index (κ3) is 2.55. The van der Waals surface area contributed by atoms with Crippen LogP contribution in [-0.2, 0) is 0 Å². The lowest BCUT2D eigenvalue weighted by Crippen LogP contribution is -2.05. The Bertz CT molecular complexity index is 295. The van der Waals surface area contributed by atoms with Gasteiger partial charge in [-0.2, -0.15) is 0 Å². The molecular formula is C11H16O3. The van der Waals surface area contributed by atoms with Gasteiger partial charge >= 0.3 is 0 Å². The quantitative estimate of drug-likeness (QED) is 0.803. The number of para-hydroxylation sites is 1. The second-order valence-corrected chi connectivity index (χ2v) is 3.51.